The van der Waals surface area contributed by atoms with E-state index in [0.717, 1.165) is 9.13 Å². The molecule has 2 aliphatic rings. The van der Waals surface area contributed by atoms with Gasteiger partial charge in [0.25, 0.3) is 5.85 Å². The van der Waals surface area contributed by atoms with Gasteiger partial charge in [-0.3, -0.25) is 9.69 Å². The van der Waals surface area contributed by atoms with Gasteiger partial charge in [0.1, 0.15) is 24.2 Å². The van der Waals surface area contributed by atoms with Crippen molar-refractivity contribution in [1.82, 2.24) is 15.3 Å². The minimum Gasteiger partial charge on any atom is -0.394 e. The van der Waals surface area contributed by atoms with E-state index < -0.39 is 36.7 Å². The van der Waals surface area contributed by atoms with E-state index in [-0.39, 0.29) is 12.5 Å². The van der Waals surface area contributed by atoms with Crippen LogP contribution in [0.2, 0.25) is 0 Å². The quantitative estimate of drug-likeness (QED) is 0.308. The molecule has 0 spiro atoms. The van der Waals surface area contributed by atoms with Gasteiger partial charge in [0, 0.05) is 17.0 Å². The Hall–Kier alpha value is -2.26. The summed E-state index contributed by atoms with van der Waals surface area (Å²) in [6.07, 6.45) is -2.78. The van der Waals surface area contributed by atoms with Gasteiger partial charge in [0.2, 0.25) is 5.91 Å². The van der Waals surface area contributed by atoms with Crippen LogP contribution in [0.3, 0.4) is 0 Å². The molecule has 3 heterocycles. The highest BCUT2D eigenvalue weighted by Crippen LogP contribution is 2.45. The largest absolute Gasteiger partial charge is 0.394 e. The highest BCUT2D eigenvalue weighted by Gasteiger charge is 2.60. The molecule has 0 radical (unpaired) electrons. The Kier molecular flexibility index (Phi) is 5.91. The molecule has 11 nitrogen and oxygen atoms in total. The first kappa shape index (κ1) is 22.0. The van der Waals surface area contributed by atoms with E-state index in [1.165, 1.54) is 18.2 Å². The summed E-state index contributed by atoms with van der Waals surface area (Å²) in [7, 11) is 0. The number of carbonyl (C=O) groups is 1. The maximum Gasteiger partial charge on any atom is 0.253 e. The summed E-state index contributed by atoms with van der Waals surface area (Å²) >= 11 is 2.23. The minimum absolute atomic E-state index is 0.123. The second kappa shape index (κ2) is 8.35. The van der Waals surface area contributed by atoms with Crippen LogP contribution in [-0.4, -0.2) is 68.6 Å². The number of fused-ring (bicyclic) bond motifs is 1. The molecule has 0 bridgehead atoms. The standard InChI is InChI=1S/C19H23IN6O5/c1-10(28)24-19(16(30)15(29)13(7-27)31-19)26-9-25(6-11-3-2-4-12(20)5-11)18-14(26)17(21)22-8-23-18/h2-5,8,13,15-16,27,29-30H,6-7,9H2,1H3,(H,24,28)(H2,21,22,23)/t13-,15-,16-,19?/m1/s1. The Morgan fingerprint density at radius 3 is 2.84 bits per heavy atom. The minimum atomic E-state index is -1.87. The number of anilines is 3. The molecule has 1 aromatic heterocycles. The molecule has 0 aliphatic carbocycles. The van der Waals surface area contributed by atoms with Crippen LogP contribution in [0.1, 0.15) is 12.5 Å². The Bertz CT molecular complexity index is 996. The molecule has 0 saturated carbocycles. The van der Waals surface area contributed by atoms with Gasteiger partial charge in [-0.15, -0.1) is 0 Å². The fourth-order valence-electron chi connectivity index (χ4n) is 4.03. The molecule has 4 rings (SSSR count). The van der Waals surface area contributed by atoms with Gasteiger partial charge in [0.15, 0.2) is 17.7 Å². The van der Waals surface area contributed by atoms with E-state index in [1.54, 1.807) is 0 Å². The number of aliphatic hydroxyl groups is 3. The summed E-state index contributed by atoms with van der Waals surface area (Å²) in [6, 6.07) is 7.94. The number of nitrogens with two attached hydrogens (primary N) is 1. The lowest BCUT2D eigenvalue weighted by Gasteiger charge is -2.41. The molecular weight excluding hydrogens is 519 g/mol. The summed E-state index contributed by atoms with van der Waals surface area (Å²) in [5.74, 6) is -1.75. The number of rotatable bonds is 5. The van der Waals surface area contributed by atoms with E-state index in [2.05, 4.69) is 37.9 Å². The van der Waals surface area contributed by atoms with Crippen LogP contribution in [-0.2, 0) is 16.1 Å². The van der Waals surface area contributed by atoms with Gasteiger partial charge in [-0.1, -0.05) is 12.1 Å². The molecule has 1 aromatic carbocycles. The number of benzene rings is 1. The molecule has 4 atom stereocenters. The van der Waals surface area contributed by atoms with Crippen molar-refractivity contribution in [3.63, 3.8) is 0 Å². The first-order chi connectivity index (χ1) is 14.8. The van der Waals surface area contributed by atoms with Crippen LogP contribution in [0.4, 0.5) is 17.3 Å². The second-order valence-corrected chi connectivity index (χ2v) is 8.73. The molecule has 1 unspecified atom stereocenters. The van der Waals surface area contributed by atoms with Crippen LogP contribution in [0, 0.1) is 3.57 Å². The maximum absolute atomic E-state index is 12.1. The summed E-state index contributed by atoms with van der Waals surface area (Å²) in [6.45, 7) is 1.32. The maximum atomic E-state index is 12.1. The average Bonchev–Trinajstić information content (AvgIpc) is 3.20. The van der Waals surface area contributed by atoms with E-state index in [1.807, 2.05) is 29.2 Å². The average molecular weight is 542 g/mol. The van der Waals surface area contributed by atoms with Gasteiger partial charge >= 0.3 is 0 Å². The molecule has 1 fully saturated rings. The predicted molar refractivity (Wildman–Crippen MR) is 120 cm³/mol. The monoisotopic (exact) mass is 542 g/mol. The van der Waals surface area contributed by atoms with E-state index in [0.29, 0.717) is 18.1 Å². The van der Waals surface area contributed by atoms with Crippen molar-refractivity contribution in [3.05, 3.63) is 39.7 Å². The Labute approximate surface area is 192 Å². The van der Waals surface area contributed by atoms with E-state index in [4.69, 9.17) is 10.5 Å². The molecule has 1 amide bonds. The topological polar surface area (TPSA) is 157 Å². The lowest BCUT2D eigenvalue weighted by atomic mass is 10.1. The molecule has 31 heavy (non-hydrogen) atoms. The first-order valence-electron chi connectivity index (χ1n) is 9.58. The van der Waals surface area contributed by atoms with Crippen LogP contribution in [0.15, 0.2) is 30.6 Å². The molecule has 1 saturated heterocycles. The Balaban J connectivity index is 1.78. The van der Waals surface area contributed by atoms with Gasteiger partial charge in [-0.2, -0.15) is 0 Å². The zero-order valence-electron chi connectivity index (χ0n) is 16.6. The summed E-state index contributed by atoms with van der Waals surface area (Å²) in [5.41, 5.74) is 7.54. The summed E-state index contributed by atoms with van der Waals surface area (Å²) in [4.78, 5) is 23.9. The smallest absolute Gasteiger partial charge is 0.253 e. The van der Waals surface area contributed by atoms with Crippen molar-refractivity contribution in [3.8, 4) is 0 Å². The third kappa shape index (κ3) is 3.78. The fraction of sp³-hybridized carbons (Fsp3) is 0.421. The number of halogens is 1. The van der Waals surface area contributed by atoms with Gasteiger partial charge in [0.05, 0.1) is 13.3 Å². The van der Waals surface area contributed by atoms with Gasteiger partial charge in [-0.25, -0.2) is 9.97 Å². The molecule has 2 aromatic rings. The van der Waals surface area contributed by atoms with Crippen molar-refractivity contribution >= 4 is 45.8 Å². The first-order valence-corrected chi connectivity index (χ1v) is 10.7. The normalized spacial score (nSPS) is 27.5. The number of hydrogen-bond donors (Lipinski definition) is 5. The SMILES string of the molecule is CC(=O)NC1(N2CN(Cc3cccc(I)c3)c3ncnc(N)c32)O[C@H](CO)[C@@H](O)[C@H]1O. The number of ether oxygens (including phenoxy) is 1. The van der Waals surface area contributed by atoms with Crippen molar-refractivity contribution in [2.24, 2.45) is 0 Å². The highest BCUT2D eigenvalue weighted by atomic mass is 127. The van der Waals surface area contributed by atoms with Crippen molar-refractivity contribution < 1.29 is 24.9 Å². The number of aliphatic hydroxyl groups excluding tert-OH is 3. The Morgan fingerprint density at radius 2 is 2.19 bits per heavy atom. The number of hydrogen-bond acceptors (Lipinski definition) is 10. The summed E-state index contributed by atoms with van der Waals surface area (Å²) in [5, 5.41) is 33.5. The van der Waals surface area contributed by atoms with Crippen LogP contribution < -0.4 is 20.9 Å². The van der Waals surface area contributed by atoms with Crippen LogP contribution in [0.5, 0.6) is 0 Å². The third-order valence-corrected chi connectivity index (χ3v) is 6.02. The number of nitrogens with one attached hydrogen (secondary N) is 1. The lowest BCUT2D eigenvalue weighted by Crippen LogP contribution is -2.67. The zero-order valence-corrected chi connectivity index (χ0v) is 18.8. The lowest BCUT2D eigenvalue weighted by molar-refractivity contribution is -0.143. The summed E-state index contributed by atoms with van der Waals surface area (Å²) < 4.78 is 6.93. The molecule has 12 heteroatoms. The number of carbonyl (C=O) groups excluding carboxylic acids is 1. The number of nitrogen functional groups attached to an aromatic ring is 1. The second-order valence-electron chi connectivity index (χ2n) is 7.48. The molecule has 2 aliphatic heterocycles. The predicted octanol–water partition coefficient (Wildman–Crippen LogP) is -0.650. The molecule has 6 N–H and O–H groups in total. The Morgan fingerprint density at radius 1 is 1.42 bits per heavy atom. The van der Waals surface area contributed by atoms with Crippen LogP contribution >= 0.6 is 22.6 Å². The number of aromatic nitrogens is 2. The van der Waals surface area contributed by atoms with Crippen LogP contribution in [0.25, 0.3) is 0 Å². The zero-order chi connectivity index (χ0) is 22.3. The van der Waals surface area contributed by atoms with Gasteiger partial charge in [-0.05, 0) is 40.3 Å². The fourth-order valence-corrected chi connectivity index (χ4v) is 4.64. The third-order valence-electron chi connectivity index (χ3n) is 5.35. The van der Waals surface area contributed by atoms with Crippen molar-refractivity contribution in [2.75, 3.05) is 28.8 Å². The van der Waals surface area contributed by atoms with E-state index in [9.17, 15) is 20.1 Å². The number of amides is 1. The molecule has 166 valence electrons. The number of nitrogens with zero attached hydrogens (tertiary/aromatic N) is 4. The van der Waals surface area contributed by atoms with Crippen molar-refractivity contribution in [1.29, 1.82) is 0 Å². The molecular formula is C19H23IN6O5. The van der Waals surface area contributed by atoms with Gasteiger partial charge < -0.3 is 36.0 Å². The highest BCUT2D eigenvalue weighted by molar-refractivity contribution is 14.1. The van der Waals surface area contributed by atoms with Crippen molar-refractivity contribution in [2.45, 2.75) is 37.6 Å². The van der Waals surface area contributed by atoms with E-state index >= 15 is 0 Å².